The Morgan fingerprint density at radius 1 is 1.40 bits per heavy atom. The Labute approximate surface area is 91.3 Å². The third kappa shape index (κ3) is 3.83. The van der Waals surface area contributed by atoms with Crippen LogP contribution in [0, 0.1) is 6.92 Å². The first-order valence-electron chi connectivity index (χ1n) is 4.70. The van der Waals surface area contributed by atoms with Gasteiger partial charge >= 0.3 is 6.18 Å². The van der Waals surface area contributed by atoms with Gasteiger partial charge in [0.1, 0.15) is 0 Å². The van der Waals surface area contributed by atoms with Crippen molar-refractivity contribution in [2.75, 3.05) is 7.05 Å². The van der Waals surface area contributed by atoms with Crippen LogP contribution < -0.4 is 5.32 Å². The first kappa shape index (κ1) is 12.5. The second-order valence-corrected chi connectivity index (χ2v) is 4.25. The van der Waals surface area contributed by atoms with Crippen LogP contribution in [0.4, 0.5) is 13.2 Å². The maximum Gasteiger partial charge on any atom is 0.389 e. The van der Waals surface area contributed by atoms with Crippen LogP contribution in [0.5, 0.6) is 0 Å². The average molecular weight is 237 g/mol. The lowest BCUT2D eigenvalue weighted by Gasteiger charge is -2.17. The van der Waals surface area contributed by atoms with Gasteiger partial charge < -0.3 is 5.32 Å². The molecule has 0 aliphatic rings. The number of nitrogens with one attached hydrogen (secondary N) is 1. The summed E-state index contributed by atoms with van der Waals surface area (Å²) >= 11 is 1.52. The van der Waals surface area contributed by atoms with E-state index in [-0.39, 0.29) is 12.5 Å². The molecule has 0 bridgehead atoms. The van der Waals surface area contributed by atoms with Crippen molar-refractivity contribution in [1.29, 1.82) is 0 Å². The van der Waals surface area contributed by atoms with E-state index in [4.69, 9.17) is 0 Å². The normalized spacial score (nSPS) is 14.2. The molecule has 1 rings (SSSR count). The molecule has 0 saturated carbocycles. The monoisotopic (exact) mass is 237 g/mol. The van der Waals surface area contributed by atoms with Crippen LogP contribution in [0.3, 0.4) is 0 Å². The van der Waals surface area contributed by atoms with Gasteiger partial charge in [0, 0.05) is 12.5 Å². The molecule has 5 heteroatoms. The molecular formula is C10H14F3NS. The van der Waals surface area contributed by atoms with Crippen molar-refractivity contribution in [2.45, 2.75) is 32.0 Å². The Hall–Kier alpha value is -0.550. The van der Waals surface area contributed by atoms with Gasteiger partial charge in [-0.25, -0.2) is 0 Å². The summed E-state index contributed by atoms with van der Waals surface area (Å²) in [5.41, 5.74) is 2.04. The Bertz CT molecular complexity index is 306. The van der Waals surface area contributed by atoms with E-state index in [1.54, 1.807) is 7.05 Å². The quantitative estimate of drug-likeness (QED) is 0.842. The average Bonchev–Trinajstić information content (AvgIpc) is 2.52. The zero-order valence-electron chi connectivity index (χ0n) is 8.69. The molecule has 0 radical (unpaired) electrons. The number of thiophene rings is 1. The van der Waals surface area contributed by atoms with Crippen molar-refractivity contribution in [3.63, 3.8) is 0 Å². The van der Waals surface area contributed by atoms with E-state index in [1.807, 2.05) is 17.7 Å². The zero-order valence-corrected chi connectivity index (χ0v) is 9.50. The fourth-order valence-electron chi connectivity index (χ4n) is 1.49. The van der Waals surface area contributed by atoms with Crippen LogP contribution in [-0.4, -0.2) is 13.2 Å². The fourth-order valence-corrected chi connectivity index (χ4v) is 2.40. The van der Waals surface area contributed by atoms with Gasteiger partial charge in [-0.2, -0.15) is 24.5 Å². The molecule has 0 fully saturated rings. The minimum absolute atomic E-state index is 0.0948. The molecule has 15 heavy (non-hydrogen) atoms. The first-order valence-corrected chi connectivity index (χ1v) is 5.65. The maximum atomic E-state index is 12.1. The lowest BCUT2D eigenvalue weighted by atomic mass is 10.0. The molecule has 1 N–H and O–H groups in total. The van der Waals surface area contributed by atoms with Gasteiger partial charge in [0.15, 0.2) is 0 Å². The minimum atomic E-state index is -4.07. The van der Waals surface area contributed by atoms with E-state index >= 15 is 0 Å². The van der Waals surface area contributed by atoms with Gasteiger partial charge in [0.25, 0.3) is 0 Å². The van der Waals surface area contributed by atoms with Gasteiger partial charge in [-0.05, 0) is 42.3 Å². The summed E-state index contributed by atoms with van der Waals surface area (Å²) < 4.78 is 36.2. The predicted molar refractivity (Wildman–Crippen MR) is 56.1 cm³/mol. The number of hydrogen-bond donors (Lipinski definition) is 1. The molecule has 1 aromatic heterocycles. The molecule has 1 aromatic rings. The summed E-state index contributed by atoms with van der Waals surface area (Å²) in [6, 6.07) is -0.196. The maximum absolute atomic E-state index is 12.1. The Morgan fingerprint density at radius 3 is 2.47 bits per heavy atom. The van der Waals surface area contributed by atoms with E-state index in [2.05, 4.69) is 5.32 Å². The van der Waals surface area contributed by atoms with Crippen molar-refractivity contribution in [2.24, 2.45) is 0 Å². The second kappa shape index (κ2) is 4.99. The highest BCUT2D eigenvalue weighted by Gasteiger charge is 2.28. The van der Waals surface area contributed by atoms with Crippen LogP contribution >= 0.6 is 11.3 Å². The van der Waals surface area contributed by atoms with Gasteiger partial charge in [-0.15, -0.1) is 0 Å². The molecule has 0 aliphatic carbocycles. The van der Waals surface area contributed by atoms with Crippen LogP contribution in [0.1, 0.15) is 30.0 Å². The van der Waals surface area contributed by atoms with Crippen molar-refractivity contribution in [3.05, 3.63) is 21.9 Å². The highest BCUT2D eigenvalue weighted by molar-refractivity contribution is 7.08. The number of halogens is 3. The Balaban J connectivity index is 2.61. The summed E-state index contributed by atoms with van der Waals surface area (Å²) in [5.74, 6) is 0. The largest absolute Gasteiger partial charge is 0.389 e. The third-order valence-electron chi connectivity index (χ3n) is 2.34. The van der Waals surface area contributed by atoms with Crippen LogP contribution in [0.2, 0.25) is 0 Å². The molecule has 0 aromatic carbocycles. The van der Waals surface area contributed by atoms with E-state index in [0.29, 0.717) is 0 Å². The Morgan fingerprint density at radius 2 is 2.07 bits per heavy atom. The molecule has 1 atom stereocenters. The third-order valence-corrected chi connectivity index (χ3v) is 3.22. The zero-order chi connectivity index (χ0) is 11.5. The number of aryl methyl sites for hydroxylation is 1. The molecule has 0 spiro atoms. The van der Waals surface area contributed by atoms with Crippen LogP contribution in [0.15, 0.2) is 10.8 Å². The van der Waals surface area contributed by atoms with Crippen LogP contribution in [-0.2, 0) is 0 Å². The lowest BCUT2D eigenvalue weighted by Crippen LogP contribution is -2.19. The predicted octanol–water partition coefficient (Wildman–Crippen LogP) is 3.66. The molecular weight excluding hydrogens is 223 g/mol. The molecule has 0 saturated heterocycles. The van der Waals surface area contributed by atoms with E-state index < -0.39 is 12.6 Å². The number of hydrogen-bond acceptors (Lipinski definition) is 2. The molecule has 86 valence electrons. The van der Waals surface area contributed by atoms with Crippen molar-refractivity contribution < 1.29 is 13.2 Å². The first-order chi connectivity index (χ1) is 6.94. The minimum Gasteiger partial charge on any atom is -0.313 e. The number of alkyl halides is 3. The lowest BCUT2D eigenvalue weighted by molar-refractivity contribution is -0.136. The summed E-state index contributed by atoms with van der Waals surface area (Å²) in [6.45, 7) is 1.92. The molecule has 1 unspecified atom stereocenters. The summed E-state index contributed by atoms with van der Waals surface area (Å²) in [5, 5.41) is 6.79. The topological polar surface area (TPSA) is 12.0 Å². The van der Waals surface area contributed by atoms with Crippen molar-refractivity contribution in [3.8, 4) is 0 Å². The van der Waals surface area contributed by atoms with E-state index in [0.717, 1.165) is 11.1 Å². The second-order valence-electron chi connectivity index (χ2n) is 3.51. The standard InChI is InChI=1S/C10H14F3NS/c1-7-5-15-6-8(7)9(14-2)3-4-10(11,12)13/h5-6,9,14H,3-4H2,1-2H3. The fraction of sp³-hybridized carbons (Fsp3) is 0.600. The highest BCUT2D eigenvalue weighted by atomic mass is 32.1. The molecule has 0 amide bonds. The van der Waals surface area contributed by atoms with Gasteiger partial charge in [0.2, 0.25) is 0 Å². The highest BCUT2D eigenvalue weighted by Crippen LogP contribution is 2.30. The Kier molecular flexibility index (Phi) is 4.16. The van der Waals surface area contributed by atoms with E-state index in [1.165, 1.54) is 11.3 Å². The van der Waals surface area contributed by atoms with Gasteiger partial charge in [-0.3, -0.25) is 0 Å². The van der Waals surface area contributed by atoms with Gasteiger partial charge in [-0.1, -0.05) is 0 Å². The molecule has 0 aliphatic heterocycles. The van der Waals surface area contributed by atoms with Crippen molar-refractivity contribution in [1.82, 2.24) is 5.32 Å². The van der Waals surface area contributed by atoms with Crippen molar-refractivity contribution >= 4 is 11.3 Å². The van der Waals surface area contributed by atoms with Gasteiger partial charge in [0.05, 0.1) is 0 Å². The summed E-state index contributed by atoms with van der Waals surface area (Å²) in [4.78, 5) is 0. The molecule has 1 heterocycles. The summed E-state index contributed by atoms with van der Waals surface area (Å²) in [7, 11) is 1.69. The summed E-state index contributed by atoms with van der Waals surface area (Å²) in [6.07, 6.45) is -4.72. The smallest absolute Gasteiger partial charge is 0.313 e. The SMILES string of the molecule is CNC(CCC(F)(F)F)c1cscc1C. The van der Waals surface area contributed by atoms with Crippen LogP contribution in [0.25, 0.3) is 0 Å². The number of rotatable bonds is 4. The van der Waals surface area contributed by atoms with E-state index in [9.17, 15) is 13.2 Å². The molecule has 1 nitrogen and oxygen atoms in total.